The van der Waals surface area contributed by atoms with Crippen LogP contribution in [0.2, 0.25) is 0 Å². The van der Waals surface area contributed by atoms with Crippen molar-refractivity contribution in [3.05, 3.63) is 71.8 Å². The number of hydrazone groups is 1. The molecule has 1 unspecified atom stereocenters. The molecule has 38 heavy (non-hydrogen) atoms. The number of rotatable bonds is 9. The minimum Gasteiger partial charge on any atom is -0.493 e. The van der Waals surface area contributed by atoms with E-state index in [0.29, 0.717) is 22.9 Å². The summed E-state index contributed by atoms with van der Waals surface area (Å²) in [6.07, 6.45) is 8.41. The lowest BCUT2D eigenvalue weighted by molar-refractivity contribution is 0.102. The van der Waals surface area contributed by atoms with E-state index in [0.717, 1.165) is 36.1 Å². The number of benzene rings is 2. The zero-order chi connectivity index (χ0) is 26.5. The highest BCUT2D eigenvalue weighted by Crippen LogP contribution is 2.36. The fourth-order valence-corrected chi connectivity index (χ4v) is 5.64. The van der Waals surface area contributed by atoms with Gasteiger partial charge in [0, 0.05) is 17.4 Å². The van der Waals surface area contributed by atoms with Crippen LogP contribution in [0.3, 0.4) is 0 Å². The molecule has 2 aliphatic rings. The number of carbonyl (C=O) groups excluding carboxylic acids is 2. The minimum absolute atomic E-state index is 0.0639. The van der Waals surface area contributed by atoms with E-state index in [-0.39, 0.29) is 29.0 Å². The number of thioether (sulfide) groups is 1. The quantitative estimate of drug-likeness (QED) is 0.357. The number of H-pyrrole nitrogens is 1. The highest BCUT2D eigenvalue weighted by molar-refractivity contribution is 8.14. The molecule has 0 saturated heterocycles. The van der Waals surface area contributed by atoms with Gasteiger partial charge in [0.05, 0.1) is 37.0 Å². The van der Waals surface area contributed by atoms with Gasteiger partial charge in [0.2, 0.25) is 0 Å². The molecule has 1 fully saturated rings. The van der Waals surface area contributed by atoms with E-state index >= 15 is 0 Å². The first-order chi connectivity index (χ1) is 18.5. The largest absolute Gasteiger partial charge is 0.493 e. The molecule has 3 aromatic rings. The zero-order valence-corrected chi connectivity index (χ0v) is 22.3. The van der Waals surface area contributed by atoms with E-state index in [1.807, 2.05) is 36.4 Å². The maximum Gasteiger partial charge on any atom is 0.302 e. The van der Waals surface area contributed by atoms with Crippen molar-refractivity contribution in [3.8, 4) is 11.5 Å². The van der Waals surface area contributed by atoms with Gasteiger partial charge in [0.25, 0.3) is 5.91 Å². The number of ether oxygens (including phenoxy) is 2. The smallest absolute Gasteiger partial charge is 0.302 e. The normalized spacial score (nSPS) is 17.8. The lowest BCUT2D eigenvalue weighted by Crippen LogP contribution is -2.34. The molecule has 1 atom stereocenters. The van der Waals surface area contributed by atoms with Crippen molar-refractivity contribution in [2.45, 2.75) is 56.9 Å². The molecule has 0 spiro atoms. The zero-order valence-electron chi connectivity index (χ0n) is 21.5. The van der Waals surface area contributed by atoms with E-state index in [9.17, 15) is 9.59 Å². The summed E-state index contributed by atoms with van der Waals surface area (Å²) < 4.78 is 11.9. The van der Waals surface area contributed by atoms with Crippen LogP contribution in [0.5, 0.6) is 11.5 Å². The van der Waals surface area contributed by atoms with E-state index in [4.69, 9.17) is 14.6 Å². The summed E-state index contributed by atoms with van der Waals surface area (Å²) >= 11 is 1.28. The van der Waals surface area contributed by atoms with Crippen LogP contribution in [0, 0.1) is 0 Å². The van der Waals surface area contributed by atoms with Crippen LogP contribution in [-0.4, -0.2) is 50.3 Å². The van der Waals surface area contributed by atoms with Gasteiger partial charge in [-0.05, 0) is 68.0 Å². The molecule has 9 nitrogen and oxygen atoms in total. The predicted octanol–water partition coefficient (Wildman–Crippen LogP) is 5.84. The summed E-state index contributed by atoms with van der Waals surface area (Å²) in [6.45, 7) is 2.33. The summed E-state index contributed by atoms with van der Waals surface area (Å²) in [4.78, 5) is 32.1. The molecule has 1 saturated carbocycles. The molecule has 1 aromatic heterocycles. The number of amides is 2. The summed E-state index contributed by atoms with van der Waals surface area (Å²) in [6, 6.07) is 13.2. The summed E-state index contributed by atoms with van der Waals surface area (Å²) in [5.41, 5.74) is 3.51. The highest BCUT2D eigenvalue weighted by atomic mass is 32.2. The second kappa shape index (κ2) is 11.7. The topological polar surface area (TPSA) is 109 Å². The Kier molecular flexibility index (Phi) is 7.97. The Bertz CT molecular complexity index is 1320. The number of nitrogens with zero attached hydrogens (tertiary/aromatic N) is 3. The summed E-state index contributed by atoms with van der Waals surface area (Å²) in [5.74, 6) is 1.09. The number of hydrogen-bond acceptors (Lipinski definition) is 7. The van der Waals surface area contributed by atoms with Gasteiger partial charge in [0.15, 0.2) is 11.5 Å². The van der Waals surface area contributed by atoms with Crippen molar-refractivity contribution < 1.29 is 19.1 Å². The molecular formula is C28H31N5O4S. The third kappa shape index (κ3) is 5.85. The van der Waals surface area contributed by atoms with Gasteiger partial charge in [-0.1, -0.05) is 30.8 Å². The average molecular weight is 534 g/mol. The van der Waals surface area contributed by atoms with Crippen LogP contribution in [0.25, 0.3) is 0 Å². The summed E-state index contributed by atoms with van der Waals surface area (Å²) in [5, 5.41) is 8.98. The first kappa shape index (κ1) is 25.8. The number of imidazole rings is 1. The molecule has 10 heteroatoms. The fourth-order valence-electron chi connectivity index (χ4n) is 4.71. The number of carbonyl (C=O) groups is 2. The Morgan fingerprint density at radius 3 is 2.76 bits per heavy atom. The number of aromatic amines is 1. The Morgan fingerprint density at radius 2 is 2.03 bits per heavy atom. The van der Waals surface area contributed by atoms with Crippen molar-refractivity contribution >= 4 is 34.3 Å². The average Bonchev–Trinajstić information content (AvgIpc) is 3.65. The number of hydrogen-bond donors (Lipinski definition) is 2. The van der Waals surface area contributed by atoms with Gasteiger partial charge in [0.1, 0.15) is 5.69 Å². The van der Waals surface area contributed by atoms with Gasteiger partial charge in [-0.3, -0.25) is 9.59 Å². The number of anilines is 1. The van der Waals surface area contributed by atoms with Crippen LogP contribution in [0.1, 0.15) is 60.6 Å². The number of methoxy groups -OCH3 is 1. The molecule has 198 valence electrons. The van der Waals surface area contributed by atoms with Crippen molar-refractivity contribution in [3.63, 3.8) is 0 Å². The molecular weight excluding hydrogens is 502 g/mol. The molecule has 1 aliphatic heterocycles. The van der Waals surface area contributed by atoms with Crippen LogP contribution < -0.4 is 14.8 Å². The lowest BCUT2D eigenvalue weighted by Gasteiger charge is -2.29. The van der Waals surface area contributed by atoms with Crippen LogP contribution >= 0.6 is 11.8 Å². The Labute approximate surface area is 226 Å². The second-order valence-corrected chi connectivity index (χ2v) is 10.5. The standard InChI is InChI=1S/C28H31N5O4S/c1-3-25-26(19-11-12-23(36-2)24(14-19)37-21-9-4-5-10-21)32-33(28(35)38-25)16-18-7-6-8-20(13-18)31-27(34)22-15-29-17-30-22/h6-8,11-15,17,21,25H,3-5,9-10,16H2,1-2H3,(H,29,30)(H,31,34). The van der Waals surface area contributed by atoms with E-state index in [2.05, 4.69) is 22.2 Å². The predicted molar refractivity (Wildman–Crippen MR) is 148 cm³/mol. The van der Waals surface area contributed by atoms with Gasteiger partial charge in [-0.25, -0.2) is 9.99 Å². The van der Waals surface area contributed by atoms with E-state index in [1.165, 1.54) is 42.1 Å². The Hall–Kier alpha value is -3.79. The molecule has 0 radical (unpaired) electrons. The monoisotopic (exact) mass is 533 g/mol. The molecule has 2 heterocycles. The molecule has 2 N–H and O–H groups in total. The van der Waals surface area contributed by atoms with Gasteiger partial charge >= 0.3 is 5.24 Å². The van der Waals surface area contributed by atoms with E-state index < -0.39 is 0 Å². The summed E-state index contributed by atoms with van der Waals surface area (Å²) in [7, 11) is 1.64. The maximum absolute atomic E-state index is 13.0. The molecule has 1 aliphatic carbocycles. The number of aromatic nitrogens is 2. The molecule has 0 bridgehead atoms. The fraction of sp³-hybridized carbons (Fsp3) is 0.357. The van der Waals surface area contributed by atoms with Crippen molar-refractivity contribution in [1.29, 1.82) is 0 Å². The van der Waals surface area contributed by atoms with Gasteiger partial charge < -0.3 is 19.8 Å². The Morgan fingerprint density at radius 1 is 1.18 bits per heavy atom. The van der Waals surface area contributed by atoms with Crippen molar-refractivity contribution in [2.75, 3.05) is 12.4 Å². The van der Waals surface area contributed by atoms with Crippen molar-refractivity contribution in [2.24, 2.45) is 5.10 Å². The Balaban J connectivity index is 1.38. The molecule has 5 rings (SSSR count). The second-order valence-electron chi connectivity index (χ2n) is 9.32. The highest BCUT2D eigenvalue weighted by Gasteiger charge is 2.31. The number of nitrogens with one attached hydrogen (secondary N) is 2. The SMILES string of the molecule is CCC1SC(=O)N(Cc2cccc(NC(=O)c3c[nH]cn3)c2)N=C1c1ccc(OC)c(OC2CCCC2)c1. The van der Waals surface area contributed by atoms with Gasteiger partial charge in [-0.15, -0.1) is 0 Å². The minimum atomic E-state index is -0.311. The van der Waals surface area contributed by atoms with Crippen LogP contribution in [-0.2, 0) is 6.54 Å². The van der Waals surface area contributed by atoms with Crippen LogP contribution in [0.4, 0.5) is 10.5 Å². The third-order valence-electron chi connectivity index (χ3n) is 6.66. The van der Waals surface area contributed by atoms with E-state index in [1.54, 1.807) is 13.2 Å². The van der Waals surface area contributed by atoms with Gasteiger partial charge in [-0.2, -0.15) is 5.10 Å². The maximum atomic E-state index is 13.0. The van der Waals surface area contributed by atoms with Crippen molar-refractivity contribution in [1.82, 2.24) is 15.0 Å². The third-order valence-corrected chi connectivity index (χ3v) is 7.91. The molecule has 2 aromatic carbocycles. The first-order valence-corrected chi connectivity index (χ1v) is 13.7. The lowest BCUT2D eigenvalue weighted by atomic mass is 10.0. The first-order valence-electron chi connectivity index (χ1n) is 12.8. The molecule has 2 amide bonds. The van der Waals surface area contributed by atoms with Crippen LogP contribution in [0.15, 0.2) is 60.1 Å².